The Morgan fingerprint density at radius 2 is 1.65 bits per heavy atom. The van der Waals surface area contributed by atoms with E-state index in [-0.39, 0.29) is 0 Å². The molecule has 26 heavy (non-hydrogen) atoms. The molecule has 140 valence electrons. The average molecular weight is 352 g/mol. The number of anilines is 1. The first-order chi connectivity index (χ1) is 12.7. The van der Waals surface area contributed by atoms with Gasteiger partial charge in [-0.2, -0.15) is 0 Å². The number of fused-ring (bicyclic) bond motifs is 1. The zero-order valence-electron chi connectivity index (χ0n) is 16.8. The summed E-state index contributed by atoms with van der Waals surface area (Å²) in [5.74, 6) is 1.51. The number of hydrogen-bond acceptors (Lipinski definition) is 3. The molecule has 1 aromatic carbocycles. The fourth-order valence-corrected chi connectivity index (χ4v) is 4.09. The lowest BCUT2D eigenvalue weighted by Gasteiger charge is -2.27. The second-order valence-corrected chi connectivity index (χ2v) is 7.42. The second-order valence-electron chi connectivity index (χ2n) is 7.42. The first kappa shape index (κ1) is 18.9. The van der Waals surface area contributed by atoms with Crippen molar-refractivity contribution < 1.29 is 0 Å². The minimum atomic E-state index is 0.478. The summed E-state index contributed by atoms with van der Waals surface area (Å²) in [5.41, 5.74) is 6.55. The summed E-state index contributed by atoms with van der Waals surface area (Å²) >= 11 is 0. The minimum Gasteiger partial charge on any atom is -0.366 e. The van der Waals surface area contributed by atoms with Gasteiger partial charge in [-0.3, -0.25) is 4.98 Å². The summed E-state index contributed by atoms with van der Waals surface area (Å²) in [5, 5.41) is 3.64. The summed E-state index contributed by atoms with van der Waals surface area (Å²) in [6.45, 7) is 8.86. The van der Waals surface area contributed by atoms with Gasteiger partial charge in [0.15, 0.2) is 0 Å². The van der Waals surface area contributed by atoms with Crippen molar-refractivity contribution in [2.75, 3.05) is 5.32 Å². The van der Waals surface area contributed by atoms with Crippen molar-refractivity contribution in [2.24, 2.45) is 0 Å². The van der Waals surface area contributed by atoms with Crippen LogP contribution in [0, 0.1) is 0 Å². The van der Waals surface area contributed by atoms with Gasteiger partial charge in [0, 0.05) is 12.0 Å². The molecule has 3 heteroatoms. The highest BCUT2D eigenvalue weighted by atomic mass is 15.1. The van der Waals surface area contributed by atoms with Crippen LogP contribution in [0.4, 0.5) is 5.82 Å². The van der Waals surface area contributed by atoms with Crippen LogP contribution in [0.25, 0.3) is 0 Å². The Labute approximate surface area is 158 Å². The molecule has 0 aliphatic heterocycles. The summed E-state index contributed by atoms with van der Waals surface area (Å²) in [4.78, 5) is 10.2. The average Bonchev–Trinajstić information content (AvgIpc) is 2.71. The van der Waals surface area contributed by atoms with E-state index in [0.29, 0.717) is 12.0 Å². The molecule has 0 fully saturated rings. The smallest absolute Gasteiger partial charge is 0.148 e. The number of nitrogens with one attached hydrogen (secondary N) is 1. The first-order valence-corrected chi connectivity index (χ1v) is 10.4. The largest absolute Gasteiger partial charge is 0.366 e. The van der Waals surface area contributed by atoms with E-state index >= 15 is 0 Å². The first-order valence-electron chi connectivity index (χ1n) is 10.4. The Kier molecular flexibility index (Phi) is 6.29. The molecule has 3 nitrogen and oxygen atoms in total. The normalized spacial score (nSPS) is 16.6. The van der Waals surface area contributed by atoms with Gasteiger partial charge in [-0.15, -0.1) is 0 Å². The summed E-state index contributed by atoms with van der Waals surface area (Å²) < 4.78 is 0. The number of hydrogen-bond donors (Lipinski definition) is 1. The molecule has 1 N–H and O–H groups in total. The molecule has 1 unspecified atom stereocenters. The molecule has 0 saturated carbocycles. The van der Waals surface area contributed by atoms with Crippen LogP contribution in [0.5, 0.6) is 0 Å². The maximum atomic E-state index is 5.16. The molecule has 0 radical (unpaired) electrons. The standard InChI is InChI=1S/C23H33N3/c1-5-19(6-2)24-23-21(8-4)25-22(20(7-3)26-23)18-14-13-16-11-9-10-12-17(16)15-18/h9-12,18-19H,5-8,13-15H2,1-4H3,(H,24,26). The quantitative estimate of drug-likeness (QED) is 0.718. The van der Waals surface area contributed by atoms with E-state index in [4.69, 9.17) is 9.97 Å². The van der Waals surface area contributed by atoms with Gasteiger partial charge in [-0.1, -0.05) is 52.0 Å². The van der Waals surface area contributed by atoms with E-state index in [2.05, 4.69) is 57.3 Å². The fraction of sp³-hybridized carbons (Fsp3) is 0.565. The molecule has 1 aliphatic rings. The monoisotopic (exact) mass is 351 g/mol. The van der Waals surface area contributed by atoms with Crippen LogP contribution in [0.2, 0.25) is 0 Å². The zero-order chi connectivity index (χ0) is 18.5. The Hall–Kier alpha value is -1.90. The van der Waals surface area contributed by atoms with Crippen molar-refractivity contribution >= 4 is 5.82 Å². The lowest BCUT2D eigenvalue weighted by Crippen LogP contribution is -2.22. The molecule has 0 spiro atoms. The van der Waals surface area contributed by atoms with Crippen LogP contribution >= 0.6 is 0 Å². The molecule has 1 aromatic heterocycles. The van der Waals surface area contributed by atoms with Crippen molar-refractivity contribution in [3.8, 4) is 0 Å². The summed E-state index contributed by atoms with van der Waals surface area (Å²) in [6, 6.07) is 9.35. The van der Waals surface area contributed by atoms with E-state index in [1.807, 2.05) is 0 Å². The Bertz CT molecular complexity index is 734. The van der Waals surface area contributed by atoms with Gasteiger partial charge in [0.1, 0.15) is 5.82 Å². The third-order valence-electron chi connectivity index (χ3n) is 5.80. The van der Waals surface area contributed by atoms with Gasteiger partial charge in [0.05, 0.1) is 17.1 Å². The van der Waals surface area contributed by atoms with Crippen molar-refractivity contribution in [1.29, 1.82) is 0 Å². The molecule has 1 heterocycles. The molecule has 2 aromatic rings. The van der Waals surface area contributed by atoms with E-state index in [9.17, 15) is 0 Å². The molecule has 1 aliphatic carbocycles. The number of aryl methyl sites for hydroxylation is 3. The predicted molar refractivity (Wildman–Crippen MR) is 110 cm³/mol. The lowest BCUT2D eigenvalue weighted by atomic mass is 9.81. The topological polar surface area (TPSA) is 37.8 Å². The predicted octanol–water partition coefficient (Wildman–Crippen LogP) is 5.47. The van der Waals surface area contributed by atoms with E-state index in [1.54, 1.807) is 0 Å². The van der Waals surface area contributed by atoms with Gasteiger partial charge < -0.3 is 5.32 Å². The highest BCUT2D eigenvalue weighted by Gasteiger charge is 2.25. The third kappa shape index (κ3) is 3.92. The number of nitrogens with zero attached hydrogens (tertiary/aromatic N) is 2. The highest BCUT2D eigenvalue weighted by Crippen LogP contribution is 2.34. The molecule has 1 atom stereocenters. The van der Waals surface area contributed by atoms with Gasteiger partial charge in [-0.05, 0) is 56.1 Å². The molecule has 3 rings (SSSR count). The Morgan fingerprint density at radius 1 is 0.962 bits per heavy atom. The van der Waals surface area contributed by atoms with Crippen LogP contribution in [0.15, 0.2) is 24.3 Å². The maximum absolute atomic E-state index is 5.16. The van der Waals surface area contributed by atoms with Gasteiger partial charge in [0.25, 0.3) is 0 Å². The Morgan fingerprint density at radius 3 is 2.31 bits per heavy atom. The molecule has 0 amide bonds. The summed E-state index contributed by atoms with van der Waals surface area (Å²) in [6.07, 6.45) is 7.54. The number of rotatable bonds is 7. The third-order valence-corrected chi connectivity index (χ3v) is 5.80. The van der Waals surface area contributed by atoms with E-state index in [1.165, 1.54) is 28.9 Å². The molecule has 0 bridgehead atoms. The molecular weight excluding hydrogens is 318 g/mol. The van der Waals surface area contributed by atoms with Crippen molar-refractivity contribution in [2.45, 2.75) is 84.6 Å². The lowest BCUT2D eigenvalue weighted by molar-refractivity contribution is 0.559. The van der Waals surface area contributed by atoms with Crippen LogP contribution in [0.3, 0.4) is 0 Å². The highest BCUT2D eigenvalue weighted by molar-refractivity contribution is 5.44. The van der Waals surface area contributed by atoms with E-state index < -0.39 is 0 Å². The minimum absolute atomic E-state index is 0.478. The van der Waals surface area contributed by atoms with Crippen LogP contribution < -0.4 is 5.32 Å². The van der Waals surface area contributed by atoms with Crippen LogP contribution in [0.1, 0.15) is 81.1 Å². The molecular formula is C23H33N3. The fourth-order valence-electron chi connectivity index (χ4n) is 4.09. The second kappa shape index (κ2) is 8.66. The maximum Gasteiger partial charge on any atom is 0.148 e. The van der Waals surface area contributed by atoms with Crippen molar-refractivity contribution in [3.63, 3.8) is 0 Å². The van der Waals surface area contributed by atoms with Gasteiger partial charge in [0.2, 0.25) is 0 Å². The van der Waals surface area contributed by atoms with Gasteiger partial charge >= 0.3 is 0 Å². The number of aromatic nitrogens is 2. The number of benzene rings is 1. The van der Waals surface area contributed by atoms with Crippen molar-refractivity contribution in [1.82, 2.24) is 9.97 Å². The zero-order valence-corrected chi connectivity index (χ0v) is 16.8. The van der Waals surface area contributed by atoms with Gasteiger partial charge in [-0.25, -0.2) is 4.98 Å². The SMILES string of the molecule is CCc1nc(C2CCc3ccccc3C2)c(CC)nc1NC(CC)CC. The van der Waals surface area contributed by atoms with Crippen molar-refractivity contribution in [3.05, 3.63) is 52.5 Å². The summed E-state index contributed by atoms with van der Waals surface area (Å²) in [7, 11) is 0. The molecule has 0 saturated heterocycles. The van der Waals surface area contributed by atoms with Crippen LogP contribution in [-0.4, -0.2) is 16.0 Å². The van der Waals surface area contributed by atoms with E-state index in [0.717, 1.165) is 50.0 Å². The van der Waals surface area contributed by atoms with Crippen LogP contribution in [-0.2, 0) is 25.7 Å². The Balaban J connectivity index is 1.92.